The number of hydrogen-bond acceptors (Lipinski definition) is 3. The highest BCUT2D eigenvalue weighted by Gasteiger charge is 2.32. The number of rotatable bonds is 7. The van der Waals surface area contributed by atoms with E-state index in [0.717, 1.165) is 12.1 Å². The Bertz CT molecular complexity index is 611. The molecular weight excluding hydrogens is 286 g/mol. The van der Waals surface area contributed by atoms with E-state index < -0.39 is 5.41 Å². The van der Waals surface area contributed by atoms with Gasteiger partial charge in [-0.3, -0.25) is 9.78 Å². The van der Waals surface area contributed by atoms with Gasteiger partial charge in [0.05, 0.1) is 5.41 Å². The molecule has 1 amide bonds. The normalized spacial score (nSPS) is 11.3. The molecule has 2 aromatic rings. The van der Waals surface area contributed by atoms with Crippen LogP contribution in [0.2, 0.25) is 0 Å². The predicted molar refractivity (Wildman–Crippen MR) is 94.4 cm³/mol. The average molecular weight is 311 g/mol. The number of carbonyl (C=O) groups excluding carboxylic acids is 1. The molecule has 23 heavy (non-hydrogen) atoms. The number of pyridine rings is 1. The molecule has 0 fully saturated rings. The molecule has 4 nitrogen and oxygen atoms in total. The van der Waals surface area contributed by atoms with E-state index in [-0.39, 0.29) is 5.91 Å². The molecule has 0 saturated carbocycles. The number of hydrogen-bond donors (Lipinski definition) is 1. The van der Waals surface area contributed by atoms with Crippen LogP contribution in [-0.4, -0.2) is 31.0 Å². The quantitative estimate of drug-likeness (QED) is 0.855. The second-order valence-corrected chi connectivity index (χ2v) is 6.31. The summed E-state index contributed by atoms with van der Waals surface area (Å²) in [5, 5.41) is 3.11. The molecule has 2 rings (SSSR count). The minimum atomic E-state index is -0.456. The summed E-state index contributed by atoms with van der Waals surface area (Å²) in [6, 6.07) is 13.9. The Balaban J connectivity index is 2.20. The van der Waals surface area contributed by atoms with Gasteiger partial charge in [0.2, 0.25) is 5.91 Å². The topological polar surface area (TPSA) is 45.2 Å². The van der Waals surface area contributed by atoms with Gasteiger partial charge in [0, 0.05) is 31.2 Å². The Morgan fingerprint density at radius 1 is 1.13 bits per heavy atom. The number of aromatic nitrogens is 1. The molecule has 1 N–H and O–H groups in total. The maximum atomic E-state index is 13.1. The van der Waals surface area contributed by atoms with Gasteiger partial charge < -0.3 is 10.2 Å². The average Bonchev–Trinajstić information content (AvgIpc) is 2.57. The fourth-order valence-corrected chi connectivity index (χ4v) is 2.63. The zero-order valence-electron chi connectivity index (χ0n) is 14.1. The smallest absolute Gasteiger partial charge is 0.233 e. The zero-order valence-corrected chi connectivity index (χ0v) is 14.1. The largest absolute Gasteiger partial charge is 0.319 e. The molecule has 122 valence electrons. The summed E-state index contributed by atoms with van der Waals surface area (Å²) in [6.45, 7) is 5.26. The second-order valence-electron chi connectivity index (χ2n) is 6.31. The first-order valence-corrected chi connectivity index (χ1v) is 7.95. The maximum Gasteiger partial charge on any atom is 0.233 e. The predicted octanol–water partition coefficient (Wildman–Crippen LogP) is 2.90. The van der Waals surface area contributed by atoms with E-state index in [9.17, 15) is 4.79 Å². The van der Waals surface area contributed by atoms with Crippen LogP contribution in [0.25, 0.3) is 0 Å². The molecule has 0 bridgehead atoms. The molecule has 0 atom stereocenters. The van der Waals surface area contributed by atoms with Crippen LogP contribution in [0.15, 0.2) is 54.9 Å². The molecule has 1 aromatic heterocycles. The summed E-state index contributed by atoms with van der Waals surface area (Å²) in [6.07, 6.45) is 4.38. The van der Waals surface area contributed by atoms with Crippen molar-refractivity contribution in [3.8, 4) is 0 Å². The number of para-hydroxylation sites is 1. The highest BCUT2D eigenvalue weighted by Crippen LogP contribution is 2.23. The summed E-state index contributed by atoms with van der Waals surface area (Å²) in [4.78, 5) is 19.0. The summed E-state index contributed by atoms with van der Waals surface area (Å²) in [7, 11) is 1.87. The number of nitrogens with one attached hydrogen (secondary N) is 1. The monoisotopic (exact) mass is 311 g/mol. The van der Waals surface area contributed by atoms with Crippen molar-refractivity contribution in [3.05, 3.63) is 60.4 Å². The van der Waals surface area contributed by atoms with Gasteiger partial charge in [0.1, 0.15) is 0 Å². The van der Waals surface area contributed by atoms with Crippen LogP contribution in [0.3, 0.4) is 0 Å². The zero-order chi connectivity index (χ0) is 16.7. The van der Waals surface area contributed by atoms with Crippen molar-refractivity contribution in [2.75, 3.05) is 25.0 Å². The van der Waals surface area contributed by atoms with Crippen molar-refractivity contribution >= 4 is 11.6 Å². The van der Waals surface area contributed by atoms with Crippen molar-refractivity contribution in [2.24, 2.45) is 5.41 Å². The highest BCUT2D eigenvalue weighted by molar-refractivity contribution is 5.97. The Labute approximate surface area is 138 Å². The Morgan fingerprint density at radius 2 is 1.78 bits per heavy atom. The van der Waals surface area contributed by atoms with E-state index in [0.29, 0.717) is 13.1 Å². The van der Waals surface area contributed by atoms with E-state index in [2.05, 4.69) is 10.3 Å². The van der Waals surface area contributed by atoms with Gasteiger partial charge in [-0.2, -0.15) is 0 Å². The van der Waals surface area contributed by atoms with Crippen LogP contribution in [0.1, 0.15) is 19.4 Å². The van der Waals surface area contributed by atoms with Crippen LogP contribution < -0.4 is 10.2 Å². The fraction of sp³-hybridized carbons (Fsp3) is 0.368. The summed E-state index contributed by atoms with van der Waals surface area (Å²) >= 11 is 0. The molecule has 1 heterocycles. The minimum Gasteiger partial charge on any atom is -0.319 e. The molecule has 0 saturated heterocycles. The van der Waals surface area contributed by atoms with Gasteiger partial charge in [-0.05, 0) is 57.1 Å². The minimum absolute atomic E-state index is 0.132. The molecule has 0 unspecified atom stereocenters. The lowest BCUT2D eigenvalue weighted by Crippen LogP contribution is -2.46. The van der Waals surface area contributed by atoms with Crippen molar-refractivity contribution in [3.63, 3.8) is 0 Å². The third-order valence-electron chi connectivity index (χ3n) is 3.88. The number of amides is 1. The summed E-state index contributed by atoms with van der Waals surface area (Å²) in [5.74, 6) is 0.132. The van der Waals surface area contributed by atoms with E-state index in [4.69, 9.17) is 0 Å². The molecule has 1 aromatic carbocycles. The van der Waals surface area contributed by atoms with Gasteiger partial charge in [0.15, 0.2) is 0 Å². The first kappa shape index (κ1) is 17.2. The van der Waals surface area contributed by atoms with Crippen LogP contribution in [0.5, 0.6) is 0 Å². The van der Waals surface area contributed by atoms with Crippen molar-refractivity contribution in [1.82, 2.24) is 10.3 Å². The fourth-order valence-electron chi connectivity index (χ4n) is 2.63. The van der Waals surface area contributed by atoms with Gasteiger partial charge >= 0.3 is 0 Å². The van der Waals surface area contributed by atoms with Gasteiger partial charge in [-0.1, -0.05) is 18.2 Å². The molecule has 0 aliphatic heterocycles. The van der Waals surface area contributed by atoms with Crippen LogP contribution >= 0.6 is 0 Å². The standard InChI is InChI=1S/C19H25N3O/c1-19(2,15-20-3)18(23)22(17-7-5-4-6-8-17)14-11-16-9-12-21-13-10-16/h4-10,12-13,20H,11,14-15H2,1-3H3. The lowest BCUT2D eigenvalue weighted by molar-refractivity contribution is -0.126. The highest BCUT2D eigenvalue weighted by atomic mass is 16.2. The Hall–Kier alpha value is -2.20. The van der Waals surface area contributed by atoms with Crippen LogP contribution in [0.4, 0.5) is 5.69 Å². The van der Waals surface area contributed by atoms with Crippen LogP contribution in [-0.2, 0) is 11.2 Å². The number of carbonyl (C=O) groups is 1. The number of benzene rings is 1. The molecule has 0 aliphatic carbocycles. The first-order chi connectivity index (χ1) is 11.0. The second kappa shape index (κ2) is 7.88. The molecule has 0 aliphatic rings. The van der Waals surface area contributed by atoms with E-state index in [1.807, 2.05) is 68.3 Å². The summed E-state index contributed by atoms with van der Waals surface area (Å²) in [5.41, 5.74) is 1.67. The first-order valence-electron chi connectivity index (χ1n) is 7.95. The lowest BCUT2D eigenvalue weighted by Gasteiger charge is -2.32. The van der Waals surface area contributed by atoms with Gasteiger partial charge in [-0.25, -0.2) is 0 Å². The van der Waals surface area contributed by atoms with Gasteiger partial charge in [0.25, 0.3) is 0 Å². The molecule has 0 spiro atoms. The Kier molecular flexibility index (Phi) is 5.88. The Morgan fingerprint density at radius 3 is 2.39 bits per heavy atom. The van der Waals surface area contributed by atoms with Crippen molar-refractivity contribution in [1.29, 1.82) is 0 Å². The lowest BCUT2D eigenvalue weighted by atomic mass is 9.91. The molecular formula is C19H25N3O. The molecule has 4 heteroatoms. The maximum absolute atomic E-state index is 13.1. The summed E-state index contributed by atoms with van der Waals surface area (Å²) < 4.78 is 0. The van der Waals surface area contributed by atoms with E-state index in [1.54, 1.807) is 12.4 Å². The van der Waals surface area contributed by atoms with Crippen molar-refractivity contribution < 1.29 is 4.79 Å². The SMILES string of the molecule is CNCC(C)(C)C(=O)N(CCc1ccncc1)c1ccccc1. The van der Waals surface area contributed by atoms with E-state index in [1.165, 1.54) is 5.56 Å². The van der Waals surface area contributed by atoms with Crippen LogP contribution in [0, 0.1) is 5.41 Å². The number of anilines is 1. The third kappa shape index (κ3) is 4.63. The molecule has 0 radical (unpaired) electrons. The third-order valence-corrected chi connectivity index (χ3v) is 3.88. The number of nitrogens with zero attached hydrogens (tertiary/aromatic N) is 2. The van der Waals surface area contributed by atoms with Crippen molar-refractivity contribution in [2.45, 2.75) is 20.3 Å². The van der Waals surface area contributed by atoms with E-state index >= 15 is 0 Å². The van der Waals surface area contributed by atoms with Gasteiger partial charge in [-0.15, -0.1) is 0 Å².